The van der Waals surface area contributed by atoms with Gasteiger partial charge in [0.1, 0.15) is 11.5 Å². The quantitative estimate of drug-likeness (QED) is 0.764. The molecule has 6 nitrogen and oxygen atoms in total. The normalized spacial score (nSPS) is 10.2. The summed E-state index contributed by atoms with van der Waals surface area (Å²) < 4.78 is 13.3. The number of nitrogens with zero attached hydrogens (tertiary/aromatic N) is 1. The number of imidazole rings is 1. The van der Waals surface area contributed by atoms with Crippen LogP contribution < -0.4 is 11.1 Å². The molecule has 4 N–H and O–H groups in total. The minimum absolute atomic E-state index is 0.0203. The van der Waals surface area contributed by atoms with Gasteiger partial charge in [0.15, 0.2) is 0 Å². The average molecular weight is 275 g/mol. The number of nitrogens with two attached hydrogens (primary N) is 1. The van der Waals surface area contributed by atoms with Crippen LogP contribution in [-0.2, 0) is 4.79 Å². The van der Waals surface area contributed by atoms with Crippen LogP contribution in [0, 0.1) is 12.2 Å². The van der Waals surface area contributed by atoms with Gasteiger partial charge in [0.2, 0.25) is 11.9 Å². The number of rotatable bonds is 5. The number of anilines is 1. The molecular formula is C13H12FN4O2. The smallest absolute Gasteiger partial charge is 0.268 e. The fourth-order valence-corrected chi connectivity index (χ4v) is 1.54. The lowest BCUT2D eigenvalue weighted by atomic mass is 10.1. The van der Waals surface area contributed by atoms with Crippen molar-refractivity contribution in [2.24, 2.45) is 5.73 Å². The van der Waals surface area contributed by atoms with E-state index in [0.29, 0.717) is 5.56 Å². The van der Waals surface area contributed by atoms with Gasteiger partial charge in [-0.05, 0) is 11.6 Å². The molecule has 0 aliphatic carbocycles. The third-order valence-corrected chi connectivity index (χ3v) is 2.50. The molecular weight excluding hydrogens is 263 g/mol. The van der Waals surface area contributed by atoms with Gasteiger partial charge >= 0.3 is 0 Å². The van der Waals surface area contributed by atoms with Gasteiger partial charge in [-0.25, -0.2) is 9.37 Å². The molecule has 2 rings (SSSR count). The van der Waals surface area contributed by atoms with Crippen LogP contribution in [0.15, 0.2) is 30.5 Å². The summed E-state index contributed by atoms with van der Waals surface area (Å²) in [5, 5.41) is 2.44. The van der Waals surface area contributed by atoms with Gasteiger partial charge in [-0.2, -0.15) is 0 Å². The van der Waals surface area contributed by atoms with Gasteiger partial charge in [0, 0.05) is 19.0 Å². The molecule has 2 aromatic rings. The van der Waals surface area contributed by atoms with E-state index in [2.05, 4.69) is 15.3 Å². The van der Waals surface area contributed by atoms with Gasteiger partial charge in [-0.1, -0.05) is 18.2 Å². The third kappa shape index (κ3) is 3.41. The number of aromatic amines is 1. The number of H-pyrrole nitrogens is 1. The SMILES string of the molecule is NC(=O)c1c[nH]c(NC(=O)C[CH]c2ccccc2F)n1. The van der Waals surface area contributed by atoms with Crippen LogP contribution in [-0.4, -0.2) is 21.8 Å². The van der Waals surface area contributed by atoms with Crippen molar-refractivity contribution >= 4 is 17.8 Å². The van der Waals surface area contributed by atoms with E-state index in [1.807, 2.05) is 0 Å². The molecule has 1 heterocycles. The molecule has 0 saturated heterocycles. The molecule has 0 aliphatic rings. The van der Waals surface area contributed by atoms with Crippen molar-refractivity contribution in [3.63, 3.8) is 0 Å². The summed E-state index contributed by atoms with van der Waals surface area (Å²) >= 11 is 0. The molecule has 1 radical (unpaired) electrons. The maximum Gasteiger partial charge on any atom is 0.268 e. The second-order valence-corrected chi connectivity index (χ2v) is 3.98. The van der Waals surface area contributed by atoms with Crippen molar-refractivity contribution in [3.05, 3.63) is 54.0 Å². The maximum absolute atomic E-state index is 13.3. The number of aromatic nitrogens is 2. The summed E-state index contributed by atoms with van der Waals surface area (Å²) in [7, 11) is 0. The number of carbonyl (C=O) groups excluding carboxylic acids is 2. The van der Waals surface area contributed by atoms with Crippen molar-refractivity contribution in [1.82, 2.24) is 9.97 Å². The van der Waals surface area contributed by atoms with E-state index >= 15 is 0 Å². The fourth-order valence-electron chi connectivity index (χ4n) is 1.54. The Labute approximate surface area is 114 Å². The van der Waals surface area contributed by atoms with Crippen LogP contribution >= 0.6 is 0 Å². The van der Waals surface area contributed by atoms with Crippen molar-refractivity contribution in [2.45, 2.75) is 6.42 Å². The Kier molecular flexibility index (Phi) is 4.09. The first-order valence-corrected chi connectivity index (χ1v) is 5.79. The van der Waals surface area contributed by atoms with E-state index in [-0.39, 0.29) is 18.1 Å². The molecule has 0 bridgehead atoms. The van der Waals surface area contributed by atoms with Gasteiger partial charge in [-0.15, -0.1) is 0 Å². The first-order chi connectivity index (χ1) is 9.56. The molecule has 2 amide bonds. The molecule has 103 valence electrons. The van der Waals surface area contributed by atoms with E-state index in [4.69, 9.17) is 5.73 Å². The fraction of sp³-hybridized carbons (Fsp3) is 0.0769. The Balaban J connectivity index is 1.89. The predicted molar refractivity (Wildman–Crippen MR) is 70.2 cm³/mol. The molecule has 0 fully saturated rings. The minimum Gasteiger partial charge on any atom is -0.364 e. The number of hydrogen-bond acceptors (Lipinski definition) is 3. The summed E-state index contributed by atoms with van der Waals surface area (Å²) in [6, 6.07) is 6.13. The second kappa shape index (κ2) is 5.96. The van der Waals surface area contributed by atoms with E-state index < -0.39 is 17.6 Å². The number of amides is 2. The summed E-state index contributed by atoms with van der Waals surface area (Å²) in [6.07, 6.45) is 2.73. The van der Waals surface area contributed by atoms with Crippen molar-refractivity contribution in [2.75, 3.05) is 5.32 Å². The number of nitrogens with one attached hydrogen (secondary N) is 2. The zero-order chi connectivity index (χ0) is 14.5. The highest BCUT2D eigenvalue weighted by molar-refractivity contribution is 5.93. The maximum atomic E-state index is 13.3. The Bertz CT molecular complexity index is 639. The average Bonchev–Trinajstić information content (AvgIpc) is 2.86. The van der Waals surface area contributed by atoms with Crippen LogP contribution in [0.1, 0.15) is 22.5 Å². The molecule has 0 saturated carbocycles. The minimum atomic E-state index is -0.695. The van der Waals surface area contributed by atoms with Gasteiger partial charge in [0.05, 0.1) is 0 Å². The summed E-state index contributed by atoms with van der Waals surface area (Å²) in [5.41, 5.74) is 5.40. The predicted octanol–water partition coefficient (Wildman–Crippen LogP) is 1.23. The molecule has 0 atom stereocenters. The van der Waals surface area contributed by atoms with Gasteiger partial charge < -0.3 is 10.7 Å². The molecule has 0 unspecified atom stereocenters. The van der Waals surface area contributed by atoms with Crippen molar-refractivity contribution in [1.29, 1.82) is 0 Å². The number of primary amides is 1. The van der Waals surface area contributed by atoms with E-state index in [9.17, 15) is 14.0 Å². The summed E-state index contributed by atoms with van der Waals surface area (Å²) in [6.45, 7) is 0. The van der Waals surface area contributed by atoms with Crippen LogP contribution in [0.25, 0.3) is 0 Å². The highest BCUT2D eigenvalue weighted by Crippen LogP contribution is 2.11. The lowest BCUT2D eigenvalue weighted by Crippen LogP contribution is -2.14. The number of halogens is 1. The molecule has 0 aliphatic heterocycles. The van der Waals surface area contributed by atoms with Crippen molar-refractivity contribution < 1.29 is 14.0 Å². The number of hydrogen-bond donors (Lipinski definition) is 3. The molecule has 0 spiro atoms. The van der Waals surface area contributed by atoms with Crippen LogP contribution in [0.5, 0.6) is 0 Å². The zero-order valence-corrected chi connectivity index (χ0v) is 10.4. The second-order valence-electron chi connectivity index (χ2n) is 3.98. The Morgan fingerprint density at radius 1 is 1.40 bits per heavy atom. The lowest BCUT2D eigenvalue weighted by molar-refractivity contribution is -0.115. The summed E-state index contributed by atoms with van der Waals surface area (Å²) in [4.78, 5) is 28.8. The van der Waals surface area contributed by atoms with Gasteiger partial charge in [0.25, 0.3) is 5.91 Å². The molecule has 1 aromatic heterocycles. The molecule has 20 heavy (non-hydrogen) atoms. The third-order valence-electron chi connectivity index (χ3n) is 2.50. The van der Waals surface area contributed by atoms with E-state index in [1.54, 1.807) is 18.2 Å². The van der Waals surface area contributed by atoms with Crippen LogP contribution in [0.4, 0.5) is 10.3 Å². The van der Waals surface area contributed by atoms with Crippen molar-refractivity contribution in [3.8, 4) is 0 Å². The first kappa shape index (κ1) is 13.7. The van der Waals surface area contributed by atoms with E-state index in [0.717, 1.165) is 0 Å². The Morgan fingerprint density at radius 3 is 2.80 bits per heavy atom. The largest absolute Gasteiger partial charge is 0.364 e. The monoisotopic (exact) mass is 275 g/mol. The Morgan fingerprint density at radius 2 is 2.15 bits per heavy atom. The highest BCUT2D eigenvalue weighted by Gasteiger charge is 2.10. The number of carbonyl (C=O) groups is 2. The Hall–Kier alpha value is -2.70. The van der Waals surface area contributed by atoms with E-state index in [1.165, 1.54) is 18.7 Å². The lowest BCUT2D eigenvalue weighted by Gasteiger charge is -2.03. The highest BCUT2D eigenvalue weighted by atomic mass is 19.1. The zero-order valence-electron chi connectivity index (χ0n) is 10.4. The molecule has 7 heteroatoms. The standard InChI is InChI=1S/C13H12FN4O2/c14-9-4-2-1-3-8(9)5-6-11(19)18-13-16-7-10(17-13)12(15)20/h1-5,7H,6H2,(H2,15,20)(H2,16,17,18,19). The van der Waals surface area contributed by atoms with Gasteiger partial charge in [-0.3, -0.25) is 14.9 Å². The first-order valence-electron chi connectivity index (χ1n) is 5.79. The topological polar surface area (TPSA) is 101 Å². The summed E-state index contributed by atoms with van der Waals surface area (Å²) in [5.74, 6) is -1.36. The van der Waals surface area contributed by atoms with Crippen LogP contribution in [0.2, 0.25) is 0 Å². The van der Waals surface area contributed by atoms with Crippen LogP contribution in [0.3, 0.4) is 0 Å². The number of benzene rings is 1. The molecule has 1 aromatic carbocycles.